The molecule has 1 aromatic rings. The molecule has 1 fully saturated rings. The highest BCUT2D eigenvalue weighted by Crippen LogP contribution is 2.14. The number of halogens is 1. The molecule has 0 aliphatic carbocycles. The second-order valence-corrected chi connectivity index (χ2v) is 5.91. The fraction of sp³-hybridized carbons (Fsp3) is 0.529. The summed E-state index contributed by atoms with van der Waals surface area (Å²) >= 11 is 0. The Hall–Kier alpha value is -1.55. The van der Waals surface area contributed by atoms with Gasteiger partial charge in [0.2, 0.25) is 0 Å². The Balaban J connectivity index is 0.00000312. The molecule has 1 saturated heterocycles. The molecular formula is C17H27IN4O3. The minimum absolute atomic E-state index is 0. The van der Waals surface area contributed by atoms with Gasteiger partial charge in [-0.3, -0.25) is 9.79 Å². The van der Waals surface area contributed by atoms with Crippen LogP contribution in [0.1, 0.15) is 12.0 Å². The van der Waals surface area contributed by atoms with Gasteiger partial charge in [-0.05, 0) is 24.1 Å². The molecule has 140 valence electrons. The van der Waals surface area contributed by atoms with Crippen molar-refractivity contribution in [2.24, 2.45) is 16.6 Å². The largest absolute Gasteiger partial charge is 0.484 e. The van der Waals surface area contributed by atoms with E-state index in [1.807, 2.05) is 25.2 Å². The maximum atomic E-state index is 10.8. The van der Waals surface area contributed by atoms with E-state index in [0.29, 0.717) is 18.2 Å². The molecular weight excluding hydrogens is 435 g/mol. The molecule has 1 aromatic carbocycles. The zero-order valence-electron chi connectivity index (χ0n) is 14.7. The van der Waals surface area contributed by atoms with Crippen LogP contribution in [0.5, 0.6) is 5.75 Å². The second kappa shape index (κ2) is 11.1. The first-order chi connectivity index (χ1) is 11.6. The number of primary amides is 1. The molecule has 25 heavy (non-hydrogen) atoms. The monoisotopic (exact) mass is 462 g/mol. The summed E-state index contributed by atoms with van der Waals surface area (Å²) in [5.74, 6) is 1.53. The first-order valence-corrected chi connectivity index (χ1v) is 8.08. The van der Waals surface area contributed by atoms with Gasteiger partial charge in [-0.25, -0.2) is 0 Å². The fourth-order valence-corrected chi connectivity index (χ4v) is 2.67. The zero-order valence-corrected chi connectivity index (χ0v) is 17.1. The van der Waals surface area contributed by atoms with E-state index in [4.69, 9.17) is 15.2 Å². The van der Waals surface area contributed by atoms with E-state index >= 15 is 0 Å². The third-order valence-electron chi connectivity index (χ3n) is 3.86. The Kier molecular flexibility index (Phi) is 9.58. The number of aliphatic imine (C=N–C) groups is 1. The highest BCUT2D eigenvalue weighted by molar-refractivity contribution is 14.0. The van der Waals surface area contributed by atoms with Crippen molar-refractivity contribution in [2.45, 2.75) is 13.0 Å². The fourth-order valence-electron chi connectivity index (χ4n) is 2.67. The van der Waals surface area contributed by atoms with Gasteiger partial charge in [-0.15, -0.1) is 24.0 Å². The van der Waals surface area contributed by atoms with Gasteiger partial charge >= 0.3 is 0 Å². The van der Waals surface area contributed by atoms with Crippen molar-refractivity contribution < 1.29 is 14.3 Å². The van der Waals surface area contributed by atoms with Crippen molar-refractivity contribution >= 4 is 35.8 Å². The first-order valence-electron chi connectivity index (χ1n) is 8.08. The summed E-state index contributed by atoms with van der Waals surface area (Å²) in [5.41, 5.74) is 6.13. The van der Waals surface area contributed by atoms with Crippen molar-refractivity contribution in [1.82, 2.24) is 10.2 Å². The van der Waals surface area contributed by atoms with E-state index in [1.165, 1.54) is 0 Å². The summed E-state index contributed by atoms with van der Waals surface area (Å²) in [7, 11) is 3.80. The van der Waals surface area contributed by atoms with Crippen LogP contribution < -0.4 is 15.8 Å². The molecule has 1 aliphatic rings. The normalized spacial score (nSPS) is 16.9. The molecule has 1 amide bonds. The van der Waals surface area contributed by atoms with Crippen LogP contribution in [-0.4, -0.2) is 57.2 Å². The number of benzene rings is 1. The lowest BCUT2D eigenvalue weighted by Gasteiger charge is -2.24. The number of nitrogens with zero attached hydrogens (tertiary/aromatic N) is 2. The molecule has 1 unspecified atom stereocenters. The van der Waals surface area contributed by atoms with E-state index in [2.05, 4.69) is 15.2 Å². The number of guanidine groups is 1. The number of nitrogens with one attached hydrogen (secondary N) is 1. The van der Waals surface area contributed by atoms with Crippen molar-refractivity contribution in [1.29, 1.82) is 0 Å². The number of hydrogen-bond acceptors (Lipinski definition) is 4. The van der Waals surface area contributed by atoms with Crippen LogP contribution in [0.3, 0.4) is 0 Å². The number of ether oxygens (including phenoxy) is 2. The average molecular weight is 462 g/mol. The topological polar surface area (TPSA) is 89.2 Å². The lowest BCUT2D eigenvalue weighted by Crippen LogP contribution is -2.41. The molecule has 1 aliphatic heterocycles. The average Bonchev–Trinajstić information content (AvgIpc) is 3.07. The lowest BCUT2D eigenvalue weighted by atomic mass is 10.1. The molecule has 2 rings (SSSR count). The molecule has 0 bridgehead atoms. The van der Waals surface area contributed by atoms with Gasteiger partial charge in [0.25, 0.3) is 5.91 Å². The predicted molar refractivity (Wildman–Crippen MR) is 108 cm³/mol. The molecule has 0 radical (unpaired) electrons. The van der Waals surface area contributed by atoms with Gasteiger partial charge in [-0.1, -0.05) is 12.1 Å². The summed E-state index contributed by atoms with van der Waals surface area (Å²) in [6, 6.07) is 7.55. The van der Waals surface area contributed by atoms with Gasteiger partial charge in [0, 0.05) is 39.7 Å². The molecule has 0 aromatic heterocycles. The highest BCUT2D eigenvalue weighted by atomic mass is 127. The van der Waals surface area contributed by atoms with Gasteiger partial charge in [-0.2, -0.15) is 0 Å². The standard InChI is InChI=1S/C17H26N4O3.HI/c1-19-17(21(2)10-14-6-7-23-11-14)20-9-13-4-3-5-15(8-13)24-12-16(18)22;/h3-5,8,14H,6-7,9-12H2,1-2H3,(H2,18,22)(H,19,20);1H. The maximum Gasteiger partial charge on any atom is 0.255 e. The van der Waals surface area contributed by atoms with Crippen LogP contribution >= 0.6 is 24.0 Å². The van der Waals surface area contributed by atoms with Crippen molar-refractivity contribution in [3.8, 4) is 5.75 Å². The van der Waals surface area contributed by atoms with Crippen LogP contribution in [-0.2, 0) is 16.1 Å². The summed E-state index contributed by atoms with van der Waals surface area (Å²) in [5, 5.41) is 3.34. The van der Waals surface area contributed by atoms with Gasteiger partial charge < -0.3 is 25.4 Å². The Morgan fingerprint density at radius 3 is 2.96 bits per heavy atom. The molecule has 7 nitrogen and oxygen atoms in total. The van der Waals surface area contributed by atoms with Crippen LogP contribution in [0, 0.1) is 5.92 Å². The Morgan fingerprint density at radius 1 is 1.52 bits per heavy atom. The summed E-state index contributed by atoms with van der Waals surface area (Å²) in [6.07, 6.45) is 1.10. The lowest BCUT2D eigenvalue weighted by molar-refractivity contribution is -0.119. The first kappa shape index (κ1) is 21.5. The summed E-state index contributed by atoms with van der Waals surface area (Å²) < 4.78 is 10.7. The number of carbonyl (C=O) groups excluding carboxylic acids is 1. The maximum absolute atomic E-state index is 10.8. The Bertz CT molecular complexity index is 577. The van der Waals surface area contributed by atoms with Crippen molar-refractivity contribution in [2.75, 3.05) is 40.5 Å². The van der Waals surface area contributed by atoms with E-state index in [0.717, 1.165) is 37.7 Å². The predicted octanol–water partition coefficient (Wildman–Crippen LogP) is 1.21. The van der Waals surface area contributed by atoms with Gasteiger partial charge in [0.15, 0.2) is 12.6 Å². The van der Waals surface area contributed by atoms with Crippen molar-refractivity contribution in [3.63, 3.8) is 0 Å². The van der Waals surface area contributed by atoms with Crippen LogP contribution in [0.25, 0.3) is 0 Å². The van der Waals surface area contributed by atoms with Crippen molar-refractivity contribution in [3.05, 3.63) is 29.8 Å². The minimum atomic E-state index is -0.489. The van der Waals surface area contributed by atoms with Crippen LogP contribution in [0.4, 0.5) is 0 Å². The highest BCUT2D eigenvalue weighted by Gasteiger charge is 2.19. The number of carbonyl (C=O) groups is 1. The smallest absolute Gasteiger partial charge is 0.255 e. The SMILES string of the molecule is CN=C(NCc1cccc(OCC(N)=O)c1)N(C)CC1CCOC1.I. The van der Waals surface area contributed by atoms with Gasteiger partial charge in [0.05, 0.1) is 6.61 Å². The van der Waals surface area contributed by atoms with E-state index in [-0.39, 0.29) is 30.6 Å². The molecule has 0 saturated carbocycles. The van der Waals surface area contributed by atoms with E-state index in [1.54, 1.807) is 13.1 Å². The molecule has 1 atom stereocenters. The Morgan fingerprint density at radius 2 is 2.32 bits per heavy atom. The van der Waals surface area contributed by atoms with Gasteiger partial charge in [0.1, 0.15) is 5.75 Å². The second-order valence-electron chi connectivity index (χ2n) is 5.91. The third kappa shape index (κ3) is 7.47. The zero-order chi connectivity index (χ0) is 17.4. The van der Waals surface area contributed by atoms with E-state index < -0.39 is 5.91 Å². The number of amides is 1. The minimum Gasteiger partial charge on any atom is -0.484 e. The molecule has 8 heteroatoms. The summed E-state index contributed by atoms with van der Waals surface area (Å²) in [6.45, 7) is 3.08. The summed E-state index contributed by atoms with van der Waals surface area (Å²) in [4.78, 5) is 17.2. The third-order valence-corrected chi connectivity index (χ3v) is 3.86. The quantitative estimate of drug-likeness (QED) is 0.362. The number of rotatable bonds is 7. The number of hydrogen-bond donors (Lipinski definition) is 2. The van der Waals surface area contributed by atoms with Crippen LogP contribution in [0.15, 0.2) is 29.3 Å². The molecule has 0 spiro atoms. The van der Waals surface area contributed by atoms with E-state index in [9.17, 15) is 4.79 Å². The Labute approximate surface area is 166 Å². The molecule has 3 N–H and O–H groups in total. The molecule has 1 heterocycles. The number of nitrogens with two attached hydrogens (primary N) is 1. The van der Waals surface area contributed by atoms with Crippen LogP contribution in [0.2, 0.25) is 0 Å².